The van der Waals surface area contributed by atoms with Crippen LogP contribution < -0.4 is 0 Å². The monoisotopic (exact) mass is 202 g/mol. The van der Waals surface area contributed by atoms with E-state index in [2.05, 4.69) is 0 Å². The summed E-state index contributed by atoms with van der Waals surface area (Å²) in [5.74, 6) is -0.366. The number of hydrogen-bond donors (Lipinski definition) is 2. The van der Waals surface area contributed by atoms with Crippen LogP contribution in [0.5, 0.6) is 0 Å². The Morgan fingerprint density at radius 1 is 1.36 bits per heavy atom. The number of piperazine rings is 1. The first-order chi connectivity index (χ1) is 6.54. The van der Waals surface area contributed by atoms with Crippen LogP contribution in [-0.2, 0) is 9.59 Å². The highest BCUT2D eigenvalue weighted by Gasteiger charge is 2.28. The number of β-amino-alcohol motifs (C(OH)–C–C–N with tert-alkyl or cyclic N) is 1. The number of aliphatic hydroxyl groups excluding tert-OH is 2. The highest BCUT2D eigenvalue weighted by molar-refractivity contribution is 5.92. The summed E-state index contributed by atoms with van der Waals surface area (Å²) < 4.78 is 0. The molecule has 1 saturated heterocycles. The molecule has 1 rings (SSSR count). The molecule has 1 unspecified atom stereocenters. The van der Waals surface area contributed by atoms with Gasteiger partial charge in [0.2, 0.25) is 11.8 Å². The van der Waals surface area contributed by atoms with E-state index in [0.717, 1.165) is 0 Å². The van der Waals surface area contributed by atoms with Crippen LogP contribution in [0.2, 0.25) is 0 Å². The van der Waals surface area contributed by atoms with Crippen molar-refractivity contribution in [2.24, 2.45) is 0 Å². The van der Waals surface area contributed by atoms with Gasteiger partial charge in [0, 0.05) is 13.6 Å². The molecule has 0 aromatic heterocycles. The van der Waals surface area contributed by atoms with Gasteiger partial charge in [0.05, 0.1) is 25.8 Å². The second kappa shape index (κ2) is 4.39. The summed E-state index contributed by atoms with van der Waals surface area (Å²) in [6, 6.07) is 0. The number of hydrogen-bond acceptors (Lipinski definition) is 4. The number of aliphatic hydroxyl groups is 2. The minimum absolute atomic E-state index is 0.00884. The lowest BCUT2D eigenvalue weighted by molar-refractivity contribution is -0.150. The number of likely N-dealkylation sites (N-methyl/N-ethyl adjacent to an activating group) is 1. The van der Waals surface area contributed by atoms with E-state index in [1.807, 2.05) is 0 Å². The van der Waals surface area contributed by atoms with Gasteiger partial charge in [-0.3, -0.25) is 9.59 Å². The zero-order chi connectivity index (χ0) is 10.7. The van der Waals surface area contributed by atoms with Gasteiger partial charge in [-0.15, -0.1) is 0 Å². The summed E-state index contributed by atoms with van der Waals surface area (Å²) in [5.41, 5.74) is 0. The van der Waals surface area contributed by atoms with Crippen LogP contribution in [0, 0.1) is 0 Å². The number of carbonyl (C=O) groups excluding carboxylic acids is 2. The van der Waals surface area contributed by atoms with Gasteiger partial charge in [-0.25, -0.2) is 0 Å². The third-order valence-corrected chi connectivity index (χ3v) is 2.12. The Bertz CT molecular complexity index is 243. The summed E-state index contributed by atoms with van der Waals surface area (Å²) in [6.07, 6.45) is -0.977. The first-order valence-electron chi connectivity index (χ1n) is 4.35. The molecule has 14 heavy (non-hydrogen) atoms. The van der Waals surface area contributed by atoms with Crippen LogP contribution in [0.15, 0.2) is 0 Å². The Kier molecular flexibility index (Phi) is 3.43. The molecule has 1 aliphatic heterocycles. The van der Waals surface area contributed by atoms with Crippen molar-refractivity contribution in [1.82, 2.24) is 9.80 Å². The fourth-order valence-corrected chi connectivity index (χ4v) is 1.24. The van der Waals surface area contributed by atoms with Crippen molar-refractivity contribution in [2.45, 2.75) is 6.10 Å². The Balaban J connectivity index is 2.53. The zero-order valence-corrected chi connectivity index (χ0v) is 8.01. The lowest BCUT2D eigenvalue weighted by atomic mass is 10.2. The Labute approximate surface area is 81.7 Å². The van der Waals surface area contributed by atoms with Crippen LogP contribution in [-0.4, -0.2) is 71.2 Å². The molecule has 2 N–H and O–H groups in total. The first kappa shape index (κ1) is 10.9. The van der Waals surface area contributed by atoms with Gasteiger partial charge in [0.25, 0.3) is 0 Å². The van der Waals surface area contributed by atoms with E-state index >= 15 is 0 Å². The van der Waals surface area contributed by atoms with Crippen molar-refractivity contribution in [3.05, 3.63) is 0 Å². The van der Waals surface area contributed by atoms with Gasteiger partial charge in [0.1, 0.15) is 0 Å². The summed E-state index contributed by atoms with van der Waals surface area (Å²) in [4.78, 5) is 25.1. The molecule has 6 heteroatoms. The topological polar surface area (TPSA) is 81.1 Å². The maximum absolute atomic E-state index is 11.3. The molecule has 6 nitrogen and oxygen atoms in total. The van der Waals surface area contributed by atoms with E-state index in [4.69, 9.17) is 10.2 Å². The maximum atomic E-state index is 11.3. The molecule has 0 spiro atoms. The molecular formula is C8H14N2O4. The van der Waals surface area contributed by atoms with Crippen LogP contribution >= 0.6 is 0 Å². The van der Waals surface area contributed by atoms with Crippen LogP contribution in [0.1, 0.15) is 0 Å². The fraction of sp³-hybridized carbons (Fsp3) is 0.750. The van der Waals surface area contributed by atoms with Gasteiger partial charge >= 0.3 is 0 Å². The summed E-state index contributed by atoms with van der Waals surface area (Å²) in [7, 11) is 1.56. The van der Waals surface area contributed by atoms with Crippen molar-refractivity contribution in [2.75, 3.05) is 33.3 Å². The summed E-state index contributed by atoms with van der Waals surface area (Å²) in [6.45, 7) is -0.383. The van der Waals surface area contributed by atoms with Crippen molar-refractivity contribution >= 4 is 11.8 Å². The van der Waals surface area contributed by atoms with E-state index in [-0.39, 0.29) is 31.4 Å². The molecule has 1 aliphatic rings. The normalized spacial score (nSPS) is 20.2. The van der Waals surface area contributed by atoms with E-state index < -0.39 is 12.7 Å². The first-order valence-corrected chi connectivity index (χ1v) is 4.35. The largest absolute Gasteiger partial charge is 0.394 e. The Hall–Kier alpha value is -1.14. The predicted octanol–water partition coefficient (Wildman–Crippen LogP) is -2.36. The maximum Gasteiger partial charge on any atom is 0.242 e. The van der Waals surface area contributed by atoms with E-state index in [0.29, 0.717) is 0 Å². The summed E-state index contributed by atoms with van der Waals surface area (Å²) >= 11 is 0. The summed E-state index contributed by atoms with van der Waals surface area (Å²) in [5, 5.41) is 17.7. The minimum Gasteiger partial charge on any atom is -0.394 e. The molecule has 0 aromatic carbocycles. The molecular weight excluding hydrogens is 188 g/mol. The third kappa shape index (κ3) is 2.43. The lowest BCUT2D eigenvalue weighted by Gasteiger charge is -2.32. The van der Waals surface area contributed by atoms with Crippen molar-refractivity contribution in [1.29, 1.82) is 0 Å². The Morgan fingerprint density at radius 2 is 2.00 bits per heavy atom. The molecule has 0 aromatic rings. The lowest BCUT2D eigenvalue weighted by Crippen LogP contribution is -2.54. The highest BCUT2D eigenvalue weighted by Crippen LogP contribution is 2.03. The third-order valence-electron chi connectivity index (χ3n) is 2.12. The molecule has 1 heterocycles. The molecule has 0 saturated carbocycles. The standard InChI is InChI=1S/C8H14N2O4/c1-9-3-8(14)10(4-7(9)13)2-6(12)5-11/h6,11-12H,2-5H2,1H3. The molecule has 80 valence electrons. The molecule has 1 atom stereocenters. The smallest absolute Gasteiger partial charge is 0.242 e. The quantitative estimate of drug-likeness (QED) is 0.536. The van der Waals surface area contributed by atoms with Crippen molar-refractivity contribution in [3.63, 3.8) is 0 Å². The Morgan fingerprint density at radius 3 is 2.57 bits per heavy atom. The highest BCUT2D eigenvalue weighted by atomic mass is 16.3. The minimum atomic E-state index is -0.977. The van der Waals surface area contributed by atoms with Gasteiger partial charge in [0.15, 0.2) is 0 Å². The van der Waals surface area contributed by atoms with Crippen LogP contribution in [0.4, 0.5) is 0 Å². The van der Waals surface area contributed by atoms with Gasteiger partial charge in [-0.2, -0.15) is 0 Å². The van der Waals surface area contributed by atoms with Gasteiger partial charge < -0.3 is 20.0 Å². The zero-order valence-electron chi connectivity index (χ0n) is 8.01. The van der Waals surface area contributed by atoms with E-state index in [1.165, 1.54) is 9.80 Å². The average molecular weight is 202 g/mol. The average Bonchev–Trinajstić information content (AvgIpc) is 2.14. The molecule has 0 radical (unpaired) electrons. The van der Waals surface area contributed by atoms with E-state index in [1.54, 1.807) is 7.05 Å². The number of carbonyl (C=O) groups is 2. The number of amides is 2. The fourth-order valence-electron chi connectivity index (χ4n) is 1.24. The predicted molar refractivity (Wildman–Crippen MR) is 47.3 cm³/mol. The van der Waals surface area contributed by atoms with Crippen LogP contribution in [0.3, 0.4) is 0 Å². The molecule has 1 fully saturated rings. The second-order valence-corrected chi connectivity index (χ2v) is 3.36. The number of rotatable bonds is 3. The number of nitrogens with zero attached hydrogens (tertiary/aromatic N) is 2. The van der Waals surface area contributed by atoms with Gasteiger partial charge in [-0.05, 0) is 0 Å². The molecule has 0 aliphatic carbocycles. The molecule has 2 amide bonds. The van der Waals surface area contributed by atoms with Crippen molar-refractivity contribution < 1.29 is 19.8 Å². The molecule has 0 bridgehead atoms. The van der Waals surface area contributed by atoms with Crippen LogP contribution in [0.25, 0.3) is 0 Å². The van der Waals surface area contributed by atoms with Gasteiger partial charge in [-0.1, -0.05) is 0 Å². The SMILES string of the molecule is CN1CC(=O)N(CC(O)CO)CC1=O. The van der Waals surface area contributed by atoms with E-state index in [9.17, 15) is 9.59 Å². The van der Waals surface area contributed by atoms with Crippen molar-refractivity contribution in [3.8, 4) is 0 Å². The second-order valence-electron chi connectivity index (χ2n) is 3.36.